The predicted octanol–water partition coefficient (Wildman–Crippen LogP) is 2.38. The summed E-state index contributed by atoms with van der Waals surface area (Å²) in [6.07, 6.45) is 2.08. The van der Waals surface area contributed by atoms with Gasteiger partial charge in [-0.1, -0.05) is 31.2 Å². The lowest BCUT2D eigenvalue weighted by atomic mass is 9.94. The quantitative estimate of drug-likeness (QED) is 0.779. The Morgan fingerprint density at radius 2 is 1.81 bits per heavy atom. The topological polar surface area (TPSA) is 43.4 Å². The zero-order valence-corrected chi connectivity index (χ0v) is 9.03. The lowest BCUT2D eigenvalue weighted by Crippen LogP contribution is -2.18. The van der Waals surface area contributed by atoms with Crippen molar-refractivity contribution in [1.29, 1.82) is 0 Å². The minimum atomic E-state index is -0.205. The van der Waals surface area contributed by atoms with Crippen LogP contribution in [0.2, 0.25) is 0 Å². The van der Waals surface area contributed by atoms with Gasteiger partial charge in [-0.15, -0.1) is 0 Å². The molecule has 2 rings (SSSR count). The number of benzene rings is 1. The Hall–Kier alpha value is -1.90. The molecule has 0 saturated heterocycles. The Morgan fingerprint density at radius 1 is 1.12 bits per heavy atom. The van der Waals surface area contributed by atoms with E-state index in [4.69, 9.17) is 4.74 Å². The van der Waals surface area contributed by atoms with Gasteiger partial charge < -0.3 is 4.74 Å². The van der Waals surface area contributed by atoms with Gasteiger partial charge in [-0.05, 0) is 6.42 Å². The lowest BCUT2D eigenvalue weighted by molar-refractivity contribution is 0.0883. The number of carbonyl (C=O) groups is 2. The van der Waals surface area contributed by atoms with E-state index in [0.717, 1.165) is 6.42 Å². The first-order valence-corrected chi connectivity index (χ1v) is 5.26. The SMILES string of the molecule is CCCOC1=CC(=O)c2ccccc2C1=O. The lowest BCUT2D eigenvalue weighted by Gasteiger charge is -2.15. The Morgan fingerprint density at radius 3 is 2.50 bits per heavy atom. The minimum Gasteiger partial charge on any atom is -0.489 e. The molecule has 0 fully saturated rings. The maximum Gasteiger partial charge on any atom is 0.228 e. The van der Waals surface area contributed by atoms with Crippen LogP contribution in [0.4, 0.5) is 0 Å². The minimum absolute atomic E-state index is 0.158. The van der Waals surface area contributed by atoms with E-state index in [0.29, 0.717) is 17.7 Å². The van der Waals surface area contributed by atoms with Crippen molar-refractivity contribution in [2.24, 2.45) is 0 Å². The fourth-order valence-electron chi connectivity index (χ4n) is 1.61. The van der Waals surface area contributed by atoms with Gasteiger partial charge in [0.15, 0.2) is 11.5 Å². The monoisotopic (exact) mass is 216 g/mol. The molecule has 0 unspecified atom stereocenters. The summed E-state index contributed by atoms with van der Waals surface area (Å²) in [5, 5.41) is 0. The van der Waals surface area contributed by atoms with E-state index in [2.05, 4.69) is 0 Å². The highest BCUT2D eigenvalue weighted by molar-refractivity contribution is 6.23. The molecule has 0 N–H and O–H groups in total. The number of hydrogen-bond acceptors (Lipinski definition) is 3. The summed E-state index contributed by atoms with van der Waals surface area (Å²) in [5.74, 6) is -0.212. The molecule has 1 aromatic carbocycles. The molecule has 0 bridgehead atoms. The number of rotatable bonds is 3. The number of fused-ring (bicyclic) bond motifs is 1. The number of ketones is 2. The average molecular weight is 216 g/mol. The standard InChI is InChI=1S/C13H12O3/c1-2-7-16-12-8-11(14)9-5-3-4-6-10(9)13(12)15/h3-6,8H,2,7H2,1H3. The van der Waals surface area contributed by atoms with Crippen LogP contribution in [0.5, 0.6) is 0 Å². The van der Waals surface area contributed by atoms with Crippen LogP contribution in [0, 0.1) is 0 Å². The molecule has 1 aliphatic carbocycles. The molecule has 82 valence electrons. The molecular weight excluding hydrogens is 204 g/mol. The second-order valence-corrected chi connectivity index (χ2v) is 3.60. The first-order valence-electron chi connectivity index (χ1n) is 5.26. The fourth-order valence-corrected chi connectivity index (χ4v) is 1.61. The summed E-state index contributed by atoms with van der Waals surface area (Å²) in [7, 11) is 0. The highest BCUT2D eigenvalue weighted by atomic mass is 16.5. The Bertz CT molecular complexity index is 472. The second-order valence-electron chi connectivity index (χ2n) is 3.60. The molecule has 1 aliphatic rings. The van der Waals surface area contributed by atoms with E-state index in [1.165, 1.54) is 6.08 Å². The van der Waals surface area contributed by atoms with E-state index in [9.17, 15) is 9.59 Å². The maximum atomic E-state index is 11.9. The van der Waals surface area contributed by atoms with E-state index >= 15 is 0 Å². The summed E-state index contributed by atoms with van der Waals surface area (Å²) in [4.78, 5) is 23.6. The Labute approximate surface area is 93.7 Å². The van der Waals surface area contributed by atoms with Crippen molar-refractivity contribution in [2.45, 2.75) is 13.3 Å². The molecule has 0 saturated carbocycles. The van der Waals surface area contributed by atoms with Gasteiger partial charge in [-0.25, -0.2) is 0 Å². The molecule has 3 nitrogen and oxygen atoms in total. The van der Waals surface area contributed by atoms with Crippen molar-refractivity contribution in [1.82, 2.24) is 0 Å². The first kappa shape index (κ1) is 10.6. The van der Waals surface area contributed by atoms with Crippen molar-refractivity contribution < 1.29 is 14.3 Å². The van der Waals surface area contributed by atoms with Gasteiger partial charge in [0, 0.05) is 17.2 Å². The molecular formula is C13H12O3. The van der Waals surface area contributed by atoms with E-state index in [1.807, 2.05) is 6.92 Å². The maximum absolute atomic E-state index is 11.9. The number of hydrogen-bond donors (Lipinski definition) is 0. The normalized spacial score (nSPS) is 14.4. The first-order chi connectivity index (χ1) is 7.74. The molecule has 3 heteroatoms. The smallest absolute Gasteiger partial charge is 0.228 e. The predicted molar refractivity (Wildman–Crippen MR) is 59.4 cm³/mol. The summed E-state index contributed by atoms with van der Waals surface area (Å²) in [5.41, 5.74) is 0.887. The molecule has 0 aromatic heterocycles. The second kappa shape index (κ2) is 4.31. The summed E-state index contributed by atoms with van der Waals surface area (Å²) >= 11 is 0. The van der Waals surface area contributed by atoms with Crippen LogP contribution < -0.4 is 0 Å². The summed E-state index contributed by atoms with van der Waals surface area (Å²) in [6, 6.07) is 6.79. The third-order valence-electron chi connectivity index (χ3n) is 2.38. The third kappa shape index (κ3) is 1.76. The summed E-state index contributed by atoms with van der Waals surface area (Å²) < 4.78 is 5.26. The van der Waals surface area contributed by atoms with Gasteiger partial charge in [0.25, 0.3) is 0 Å². The highest BCUT2D eigenvalue weighted by Gasteiger charge is 2.25. The zero-order valence-electron chi connectivity index (χ0n) is 9.03. The van der Waals surface area contributed by atoms with Crippen LogP contribution in [0.15, 0.2) is 36.1 Å². The number of allylic oxidation sites excluding steroid dienone is 2. The van der Waals surface area contributed by atoms with Crippen LogP contribution in [0.3, 0.4) is 0 Å². The number of ether oxygens (including phenoxy) is 1. The average Bonchev–Trinajstić information content (AvgIpc) is 2.32. The van der Waals surface area contributed by atoms with Crippen molar-refractivity contribution in [3.05, 3.63) is 47.2 Å². The van der Waals surface area contributed by atoms with Crippen LogP contribution in [-0.4, -0.2) is 18.2 Å². The van der Waals surface area contributed by atoms with Gasteiger partial charge in [-0.3, -0.25) is 9.59 Å². The largest absolute Gasteiger partial charge is 0.489 e. The third-order valence-corrected chi connectivity index (χ3v) is 2.38. The molecule has 0 atom stereocenters. The van der Waals surface area contributed by atoms with Crippen LogP contribution in [0.1, 0.15) is 34.1 Å². The fraction of sp³-hybridized carbons (Fsp3) is 0.231. The van der Waals surface area contributed by atoms with Crippen LogP contribution in [0.25, 0.3) is 0 Å². The highest BCUT2D eigenvalue weighted by Crippen LogP contribution is 2.21. The van der Waals surface area contributed by atoms with Crippen LogP contribution >= 0.6 is 0 Å². The molecule has 0 radical (unpaired) electrons. The van der Waals surface area contributed by atoms with Gasteiger partial charge in [0.1, 0.15) is 0 Å². The van der Waals surface area contributed by atoms with Crippen molar-refractivity contribution in [3.63, 3.8) is 0 Å². The van der Waals surface area contributed by atoms with Gasteiger partial charge in [-0.2, -0.15) is 0 Å². The van der Waals surface area contributed by atoms with Crippen molar-refractivity contribution in [3.8, 4) is 0 Å². The van der Waals surface area contributed by atoms with Gasteiger partial charge in [0.05, 0.1) is 6.61 Å². The number of Topliss-reactive ketones (excluding diaryl/α,β-unsaturated/α-hetero) is 1. The Balaban J connectivity index is 2.36. The molecule has 16 heavy (non-hydrogen) atoms. The molecule has 0 amide bonds. The molecule has 0 heterocycles. The summed E-state index contributed by atoms with van der Waals surface area (Å²) in [6.45, 7) is 2.40. The Kier molecular flexibility index (Phi) is 2.86. The molecule has 0 aliphatic heterocycles. The van der Waals surface area contributed by atoms with Gasteiger partial charge >= 0.3 is 0 Å². The molecule has 1 aromatic rings. The van der Waals surface area contributed by atoms with E-state index in [-0.39, 0.29) is 17.3 Å². The van der Waals surface area contributed by atoms with Crippen molar-refractivity contribution in [2.75, 3.05) is 6.61 Å². The van der Waals surface area contributed by atoms with E-state index in [1.54, 1.807) is 24.3 Å². The van der Waals surface area contributed by atoms with Crippen LogP contribution in [-0.2, 0) is 4.74 Å². The van der Waals surface area contributed by atoms with Crippen molar-refractivity contribution >= 4 is 11.6 Å². The van der Waals surface area contributed by atoms with E-state index < -0.39 is 0 Å². The van der Waals surface area contributed by atoms with Gasteiger partial charge in [0.2, 0.25) is 5.78 Å². The number of carbonyl (C=O) groups excluding carboxylic acids is 2. The zero-order chi connectivity index (χ0) is 11.5. The molecule has 0 spiro atoms.